The minimum absolute atomic E-state index is 0.403. The summed E-state index contributed by atoms with van der Waals surface area (Å²) in [5, 5.41) is 3.61. The maximum absolute atomic E-state index is 5.52. The van der Waals surface area contributed by atoms with E-state index in [4.69, 9.17) is 4.42 Å². The summed E-state index contributed by atoms with van der Waals surface area (Å²) in [4.78, 5) is 0. The predicted octanol–water partition coefficient (Wildman–Crippen LogP) is 4.33. The molecule has 1 atom stereocenters. The molecule has 1 heterocycles. The Morgan fingerprint density at radius 2 is 2.06 bits per heavy atom. The molecule has 0 saturated heterocycles. The molecule has 0 amide bonds. The Hall–Kier alpha value is -1.70. The predicted molar refractivity (Wildman–Crippen MR) is 73.8 cm³/mol. The number of furan rings is 1. The molecule has 18 heavy (non-hydrogen) atoms. The molecule has 1 N–H and O–H groups in total. The molecule has 0 spiro atoms. The normalized spacial score (nSPS) is 18.4. The third-order valence-electron chi connectivity index (χ3n) is 3.76. The van der Waals surface area contributed by atoms with Gasteiger partial charge in [0.1, 0.15) is 5.76 Å². The number of fused-ring (bicyclic) bond motifs is 1. The molecule has 1 aliphatic carbocycles. The van der Waals surface area contributed by atoms with Crippen molar-refractivity contribution in [2.75, 3.05) is 5.32 Å². The maximum Gasteiger partial charge on any atom is 0.109 e. The van der Waals surface area contributed by atoms with Crippen LogP contribution in [0.25, 0.3) is 0 Å². The van der Waals surface area contributed by atoms with Crippen LogP contribution in [0.5, 0.6) is 0 Å². The summed E-state index contributed by atoms with van der Waals surface area (Å²) in [6.07, 6.45) is 6.36. The van der Waals surface area contributed by atoms with E-state index in [0.717, 1.165) is 18.6 Å². The van der Waals surface area contributed by atoms with Crippen LogP contribution in [0.2, 0.25) is 0 Å². The topological polar surface area (TPSA) is 25.2 Å². The van der Waals surface area contributed by atoms with Gasteiger partial charge in [-0.2, -0.15) is 0 Å². The average Bonchev–Trinajstić information content (AvgIpc) is 2.89. The number of hydrogen-bond acceptors (Lipinski definition) is 2. The van der Waals surface area contributed by atoms with Crippen LogP contribution in [0.3, 0.4) is 0 Å². The van der Waals surface area contributed by atoms with Crippen molar-refractivity contribution in [2.24, 2.45) is 0 Å². The smallest absolute Gasteiger partial charge is 0.109 e. The van der Waals surface area contributed by atoms with Crippen LogP contribution in [-0.4, -0.2) is 0 Å². The van der Waals surface area contributed by atoms with Gasteiger partial charge in [0.15, 0.2) is 0 Å². The first-order chi connectivity index (χ1) is 8.86. The zero-order valence-corrected chi connectivity index (χ0v) is 10.8. The third kappa shape index (κ3) is 2.15. The molecule has 1 aromatic carbocycles. The van der Waals surface area contributed by atoms with E-state index in [1.54, 1.807) is 0 Å². The van der Waals surface area contributed by atoms with Crippen molar-refractivity contribution in [3.05, 3.63) is 53.5 Å². The quantitative estimate of drug-likeness (QED) is 0.865. The Bertz CT molecular complexity index is 512. The lowest BCUT2D eigenvalue weighted by molar-refractivity contribution is 0.461. The molecular formula is C16H19NO. The highest BCUT2D eigenvalue weighted by molar-refractivity contribution is 5.47. The Labute approximate surface area is 108 Å². The average molecular weight is 241 g/mol. The molecule has 2 aromatic rings. The van der Waals surface area contributed by atoms with E-state index in [2.05, 4.69) is 42.6 Å². The molecule has 2 heteroatoms. The van der Waals surface area contributed by atoms with Crippen molar-refractivity contribution < 1.29 is 4.42 Å². The van der Waals surface area contributed by atoms with Crippen LogP contribution in [0.4, 0.5) is 5.69 Å². The monoisotopic (exact) mass is 241 g/mol. The highest BCUT2D eigenvalue weighted by atomic mass is 16.3. The van der Waals surface area contributed by atoms with E-state index < -0.39 is 0 Å². The minimum atomic E-state index is 0.403. The molecule has 0 aliphatic heterocycles. The second-order valence-electron chi connectivity index (χ2n) is 4.94. The molecule has 0 radical (unpaired) electrons. The molecule has 0 bridgehead atoms. The van der Waals surface area contributed by atoms with Gasteiger partial charge in [-0.3, -0.25) is 0 Å². The number of rotatable bonds is 3. The van der Waals surface area contributed by atoms with Crippen molar-refractivity contribution in [3.8, 4) is 0 Å². The first-order valence-corrected chi connectivity index (χ1v) is 6.78. The Kier molecular flexibility index (Phi) is 3.09. The van der Waals surface area contributed by atoms with Gasteiger partial charge in [0.2, 0.25) is 0 Å². The van der Waals surface area contributed by atoms with Gasteiger partial charge in [-0.15, -0.1) is 0 Å². The zero-order valence-electron chi connectivity index (χ0n) is 10.8. The van der Waals surface area contributed by atoms with Crippen LogP contribution in [0.15, 0.2) is 41.0 Å². The van der Waals surface area contributed by atoms with Gasteiger partial charge >= 0.3 is 0 Å². The van der Waals surface area contributed by atoms with Gasteiger partial charge in [-0.1, -0.05) is 19.1 Å². The number of aryl methyl sites for hydroxylation is 2. The second kappa shape index (κ2) is 4.89. The van der Waals surface area contributed by atoms with Crippen LogP contribution in [-0.2, 0) is 12.8 Å². The summed E-state index contributed by atoms with van der Waals surface area (Å²) in [6.45, 7) is 2.18. The summed E-state index contributed by atoms with van der Waals surface area (Å²) in [7, 11) is 0. The minimum Gasteiger partial charge on any atom is -0.469 e. The lowest BCUT2D eigenvalue weighted by Gasteiger charge is -2.23. The first-order valence-electron chi connectivity index (χ1n) is 6.78. The SMILES string of the molecule is CCc1ccc(NC2CCCc3occc32)cc1. The van der Waals surface area contributed by atoms with Crippen LogP contribution < -0.4 is 5.32 Å². The fourth-order valence-electron chi connectivity index (χ4n) is 2.67. The number of nitrogens with one attached hydrogen (secondary N) is 1. The third-order valence-corrected chi connectivity index (χ3v) is 3.76. The van der Waals surface area contributed by atoms with E-state index in [9.17, 15) is 0 Å². The van der Waals surface area contributed by atoms with Crippen molar-refractivity contribution >= 4 is 5.69 Å². The van der Waals surface area contributed by atoms with E-state index in [1.165, 1.54) is 29.7 Å². The van der Waals surface area contributed by atoms with Gasteiger partial charge in [0.05, 0.1) is 12.3 Å². The summed E-state index contributed by atoms with van der Waals surface area (Å²) < 4.78 is 5.52. The van der Waals surface area contributed by atoms with Crippen molar-refractivity contribution in [1.82, 2.24) is 0 Å². The van der Waals surface area contributed by atoms with E-state index in [1.807, 2.05) is 6.26 Å². The number of hydrogen-bond donors (Lipinski definition) is 1. The van der Waals surface area contributed by atoms with Gasteiger partial charge in [0, 0.05) is 17.7 Å². The van der Waals surface area contributed by atoms with E-state index in [0.29, 0.717) is 6.04 Å². The summed E-state index contributed by atoms with van der Waals surface area (Å²) in [5.41, 5.74) is 3.92. The van der Waals surface area contributed by atoms with Crippen molar-refractivity contribution in [1.29, 1.82) is 0 Å². The lowest BCUT2D eigenvalue weighted by atomic mass is 9.93. The molecule has 1 unspecified atom stereocenters. The molecule has 1 aliphatic rings. The molecule has 0 saturated carbocycles. The highest BCUT2D eigenvalue weighted by Crippen LogP contribution is 2.33. The largest absolute Gasteiger partial charge is 0.469 e. The van der Waals surface area contributed by atoms with Crippen LogP contribution in [0.1, 0.15) is 42.7 Å². The molecule has 2 nitrogen and oxygen atoms in total. The maximum atomic E-state index is 5.52. The highest BCUT2D eigenvalue weighted by Gasteiger charge is 2.22. The van der Waals surface area contributed by atoms with Crippen molar-refractivity contribution in [3.63, 3.8) is 0 Å². The van der Waals surface area contributed by atoms with Gasteiger partial charge in [-0.05, 0) is 43.0 Å². The van der Waals surface area contributed by atoms with Crippen LogP contribution in [0, 0.1) is 0 Å². The summed E-state index contributed by atoms with van der Waals surface area (Å²) >= 11 is 0. The first kappa shape index (κ1) is 11.4. The Morgan fingerprint density at radius 1 is 1.22 bits per heavy atom. The lowest BCUT2D eigenvalue weighted by Crippen LogP contribution is -2.15. The van der Waals surface area contributed by atoms with E-state index >= 15 is 0 Å². The number of benzene rings is 1. The molecule has 3 rings (SSSR count). The standard InChI is InChI=1S/C16H19NO/c1-2-12-6-8-13(9-7-12)17-15-4-3-5-16-14(15)10-11-18-16/h6-11,15,17H,2-5H2,1H3. The van der Waals surface area contributed by atoms with Crippen LogP contribution >= 0.6 is 0 Å². The fourth-order valence-corrected chi connectivity index (χ4v) is 2.67. The second-order valence-corrected chi connectivity index (χ2v) is 4.94. The number of anilines is 1. The fraction of sp³-hybridized carbons (Fsp3) is 0.375. The van der Waals surface area contributed by atoms with Gasteiger partial charge < -0.3 is 9.73 Å². The van der Waals surface area contributed by atoms with Crippen molar-refractivity contribution in [2.45, 2.75) is 38.6 Å². The molecule has 94 valence electrons. The van der Waals surface area contributed by atoms with Gasteiger partial charge in [0.25, 0.3) is 0 Å². The Morgan fingerprint density at radius 3 is 2.83 bits per heavy atom. The van der Waals surface area contributed by atoms with Gasteiger partial charge in [-0.25, -0.2) is 0 Å². The van der Waals surface area contributed by atoms with E-state index in [-0.39, 0.29) is 0 Å². The summed E-state index contributed by atoms with van der Waals surface area (Å²) in [6, 6.07) is 11.2. The molecular weight excluding hydrogens is 222 g/mol. The molecule has 0 fully saturated rings. The molecule has 1 aromatic heterocycles. The Balaban J connectivity index is 1.77. The zero-order chi connectivity index (χ0) is 12.4. The summed E-state index contributed by atoms with van der Waals surface area (Å²) in [5.74, 6) is 1.16.